The van der Waals surface area contributed by atoms with Gasteiger partial charge in [-0.15, -0.1) is 0 Å². The number of aromatic amines is 1. The maximum absolute atomic E-state index is 11.9. The first kappa shape index (κ1) is 14.3. The first-order valence-electron chi connectivity index (χ1n) is 7.37. The quantitative estimate of drug-likeness (QED) is 0.750. The molecule has 0 aliphatic heterocycles. The van der Waals surface area contributed by atoms with Crippen LogP contribution in [-0.2, 0) is 26.4 Å². The number of imidazole rings is 1. The summed E-state index contributed by atoms with van der Waals surface area (Å²) in [5.41, 5.74) is 2.15. The summed E-state index contributed by atoms with van der Waals surface area (Å²) in [6.45, 7) is 0.606. The van der Waals surface area contributed by atoms with Gasteiger partial charge in [0.05, 0.1) is 6.33 Å². The normalized spacial score (nSPS) is 11.0. The smallest absolute Gasteiger partial charge is 0.338 e. The van der Waals surface area contributed by atoms with Crippen molar-refractivity contribution in [3.63, 3.8) is 0 Å². The molecule has 0 atom stereocenters. The van der Waals surface area contributed by atoms with Crippen molar-refractivity contribution in [2.75, 3.05) is 0 Å². The average Bonchev–Trinajstić information content (AvgIpc) is 3.07. The lowest BCUT2D eigenvalue weighted by Gasteiger charge is -2.02. The highest BCUT2D eigenvalue weighted by Crippen LogP contribution is 2.04. The van der Waals surface area contributed by atoms with Crippen LogP contribution in [0.3, 0.4) is 0 Å². The Kier molecular flexibility index (Phi) is 4.18. The summed E-state index contributed by atoms with van der Waals surface area (Å²) >= 11 is 0. The van der Waals surface area contributed by atoms with E-state index >= 15 is 0 Å². The molecule has 0 aliphatic rings. The molecule has 1 aromatic carbocycles. The fourth-order valence-corrected chi connectivity index (χ4v) is 2.46. The summed E-state index contributed by atoms with van der Waals surface area (Å²) in [6.07, 6.45) is 6.02. The van der Waals surface area contributed by atoms with Gasteiger partial charge in [0, 0.05) is 31.9 Å². The Hall–Kier alpha value is -2.63. The van der Waals surface area contributed by atoms with Crippen molar-refractivity contribution in [2.24, 2.45) is 7.05 Å². The van der Waals surface area contributed by atoms with E-state index < -0.39 is 0 Å². The predicted molar refractivity (Wildman–Crippen MR) is 83.6 cm³/mol. The monoisotopic (exact) mass is 297 g/mol. The molecule has 0 aliphatic carbocycles. The molecule has 1 N–H and O–H groups in total. The number of rotatable bonds is 6. The zero-order valence-electron chi connectivity index (χ0n) is 12.6. The van der Waals surface area contributed by atoms with E-state index in [9.17, 15) is 4.79 Å². The molecule has 114 valence electrons. The molecule has 3 aromatic rings. The van der Waals surface area contributed by atoms with E-state index in [2.05, 4.69) is 15.1 Å². The largest absolute Gasteiger partial charge is 0.343 e. The number of aryl methyl sites for hydroxylation is 3. The van der Waals surface area contributed by atoms with Gasteiger partial charge in [-0.3, -0.25) is 4.98 Å². The van der Waals surface area contributed by atoms with E-state index in [1.807, 2.05) is 48.1 Å². The summed E-state index contributed by atoms with van der Waals surface area (Å²) in [5.74, 6) is 0.705. The number of nitrogens with one attached hydrogen (secondary N) is 1. The number of hydrogen-bond acceptors (Lipinski definition) is 3. The van der Waals surface area contributed by atoms with Gasteiger partial charge in [-0.1, -0.05) is 30.3 Å². The van der Waals surface area contributed by atoms with Crippen molar-refractivity contribution in [3.05, 3.63) is 70.4 Å². The fraction of sp³-hybridized carbons (Fsp3) is 0.312. The highest BCUT2D eigenvalue weighted by Gasteiger charge is 2.06. The van der Waals surface area contributed by atoms with Crippen molar-refractivity contribution < 1.29 is 0 Å². The van der Waals surface area contributed by atoms with Crippen molar-refractivity contribution in [1.82, 2.24) is 24.3 Å². The highest BCUT2D eigenvalue weighted by molar-refractivity contribution is 5.18. The molecule has 6 nitrogen and oxygen atoms in total. The molecule has 0 spiro atoms. The van der Waals surface area contributed by atoms with Crippen LogP contribution in [0.1, 0.15) is 23.5 Å². The third-order valence-corrected chi connectivity index (χ3v) is 3.66. The van der Waals surface area contributed by atoms with Crippen LogP contribution >= 0.6 is 0 Å². The van der Waals surface area contributed by atoms with Crippen LogP contribution in [-0.4, -0.2) is 24.3 Å². The van der Waals surface area contributed by atoms with Crippen molar-refractivity contribution >= 4 is 0 Å². The van der Waals surface area contributed by atoms with Gasteiger partial charge in [-0.25, -0.2) is 14.5 Å². The minimum Gasteiger partial charge on any atom is -0.338 e. The van der Waals surface area contributed by atoms with E-state index in [1.165, 1.54) is 4.68 Å². The van der Waals surface area contributed by atoms with Crippen molar-refractivity contribution in [1.29, 1.82) is 0 Å². The fourth-order valence-electron chi connectivity index (χ4n) is 2.46. The van der Waals surface area contributed by atoms with Crippen LogP contribution in [0.15, 0.2) is 47.7 Å². The van der Waals surface area contributed by atoms with E-state index in [-0.39, 0.29) is 5.69 Å². The average molecular weight is 297 g/mol. The van der Waals surface area contributed by atoms with E-state index in [4.69, 9.17) is 0 Å². The Morgan fingerprint density at radius 1 is 1.23 bits per heavy atom. The van der Waals surface area contributed by atoms with Gasteiger partial charge in [0.2, 0.25) is 0 Å². The van der Waals surface area contributed by atoms with Gasteiger partial charge in [0.15, 0.2) is 0 Å². The molecule has 3 rings (SSSR count). The van der Waals surface area contributed by atoms with Crippen LogP contribution in [0, 0.1) is 0 Å². The van der Waals surface area contributed by atoms with E-state index in [0.717, 1.165) is 24.1 Å². The first-order valence-corrected chi connectivity index (χ1v) is 7.37. The number of benzene rings is 1. The van der Waals surface area contributed by atoms with Crippen LogP contribution in [0.4, 0.5) is 0 Å². The number of H-pyrrole nitrogens is 1. The lowest BCUT2D eigenvalue weighted by molar-refractivity contribution is 0.550. The summed E-state index contributed by atoms with van der Waals surface area (Å²) in [7, 11) is 1.97. The molecule has 2 aromatic heterocycles. The minimum absolute atomic E-state index is 0.143. The van der Waals surface area contributed by atoms with Gasteiger partial charge in [-0.05, 0) is 18.4 Å². The van der Waals surface area contributed by atoms with Crippen molar-refractivity contribution in [2.45, 2.75) is 25.8 Å². The molecule has 6 heteroatoms. The number of hydrogen-bond donors (Lipinski definition) is 1. The maximum Gasteiger partial charge on any atom is 0.343 e. The predicted octanol–water partition coefficient (Wildman–Crippen LogP) is 1.53. The summed E-state index contributed by atoms with van der Waals surface area (Å²) in [5, 5.41) is 4.37. The zero-order valence-corrected chi connectivity index (χ0v) is 12.6. The molecule has 0 radical (unpaired) electrons. The van der Waals surface area contributed by atoms with Gasteiger partial charge in [0.25, 0.3) is 0 Å². The summed E-state index contributed by atoms with van der Waals surface area (Å²) in [4.78, 5) is 18.8. The zero-order chi connectivity index (χ0) is 15.4. The number of nitrogens with zero attached hydrogens (tertiary/aromatic N) is 4. The first-order chi connectivity index (χ1) is 10.7. The second-order valence-corrected chi connectivity index (χ2v) is 5.36. The molecule has 0 amide bonds. The minimum atomic E-state index is -0.143. The van der Waals surface area contributed by atoms with E-state index in [1.54, 1.807) is 6.33 Å². The second-order valence-electron chi connectivity index (χ2n) is 5.36. The van der Waals surface area contributed by atoms with Crippen LogP contribution in [0.5, 0.6) is 0 Å². The Bertz CT molecular complexity index is 784. The lowest BCUT2D eigenvalue weighted by atomic mass is 10.1. The van der Waals surface area contributed by atoms with Crippen LogP contribution < -0.4 is 5.69 Å². The van der Waals surface area contributed by atoms with Gasteiger partial charge in [0.1, 0.15) is 5.82 Å². The van der Waals surface area contributed by atoms with Gasteiger partial charge in [-0.2, -0.15) is 5.10 Å². The Morgan fingerprint density at radius 3 is 2.77 bits per heavy atom. The standard InChI is InChI=1S/C16H19N5O/c1-20-12-17-11-14(20)8-5-9-21-16(22)18-15(19-21)10-13-6-3-2-4-7-13/h2-4,6-7,11-12H,5,8-10H2,1H3,(H,18,19,22). The third-order valence-electron chi connectivity index (χ3n) is 3.66. The molecule has 22 heavy (non-hydrogen) atoms. The van der Waals surface area contributed by atoms with Crippen molar-refractivity contribution in [3.8, 4) is 0 Å². The summed E-state index contributed by atoms with van der Waals surface area (Å²) < 4.78 is 3.50. The Morgan fingerprint density at radius 2 is 2.05 bits per heavy atom. The molecule has 0 bridgehead atoms. The molecule has 0 unspecified atom stereocenters. The summed E-state index contributed by atoms with van der Waals surface area (Å²) in [6, 6.07) is 10.00. The Labute approximate surface area is 128 Å². The molecule has 0 saturated heterocycles. The third kappa shape index (κ3) is 3.33. The van der Waals surface area contributed by atoms with E-state index in [0.29, 0.717) is 18.8 Å². The Balaban J connectivity index is 1.60. The second kappa shape index (κ2) is 6.43. The number of aromatic nitrogens is 5. The SMILES string of the molecule is Cn1cncc1CCCn1nc(Cc2ccccc2)[nH]c1=O. The van der Waals surface area contributed by atoms with Gasteiger partial charge < -0.3 is 4.57 Å². The van der Waals surface area contributed by atoms with Crippen LogP contribution in [0.25, 0.3) is 0 Å². The van der Waals surface area contributed by atoms with Crippen LogP contribution in [0.2, 0.25) is 0 Å². The lowest BCUT2D eigenvalue weighted by Crippen LogP contribution is -2.18. The molecular weight excluding hydrogens is 278 g/mol. The molecular formula is C16H19N5O. The topological polar surface area (TPSA) is 68.5 Å². The molecule has 0 saturated carbocycles. The maximum atomic E-state index is 11.9. The molecule has 2 heterocycles. The molecule has 0 fully saturated rings. The van der Waals surface area contributed by atoms with Gasteiger partial charge >= 0.3 is 5.69 Å². The highest BCUT2D eigenvalue weighted by atomic mass is 16.1.